The van der Waals surface area contributed by atoms with Gasteiger partial charge in [0.1, 0.15) is 5.15 Å². The standard InChI is InChI=1S/C11H14ClN3.2C7H8O3S/c12-11-2-1-9(5-14-11)15-7-8-3-4-13-6-10(8)15;2*1-6-2-4-7(5-3-6)11(8,9)10/h1-2,5,8,10,13H,3-4,6-7H2;2*2-5H,1H3,(H,8,9,10)/t8-,10-;;/m0../s1. The smallest absolute Gasteiger partial charge is 0.294 e. The fourth-order valence-electron chi connectivity index (χ4n) is 3.98. The van der Waals surface area contributed by atoms with Crippen molar-refractivity contribution in [2.24, 2.45) is 5.92 Å². The Kier molecular flexibility index (Phi) is 9.68. The number of piperidine rings is 1. The van der Waals surface area contributed by atoms with Crippen LogP contribution >= 0.6 is 11.6 Å². The van der Waals surface area contributed by atoms with Crippen LogP contribution in [0.4, 0.5) is 5.69 Å². The number of anilines is 1. The molecular formula is C25H30ClN3O6S2. The second-order valence-electron chi connectivity index (χ2n) is 8.89. The van der Waals surface area contributed by atoms with E-state index in [1.165, 1.54) is 49.5 Å². The molecule has 2 atom stereocenters. The quantitative estimate of drug-likeness (QED) is 0.316. The minimum Gasteiger partial charge on any atom is -0.365 e. The summed E-state index contributed by atoms with van der Waals surface area (Å²) in [6.45, 7) is 7.14. The summed E-state index contributed by atoms with van der Waals surface area (Å²) in [5.74, 6) is 0.877. The predicted molar refractivity (Wildman–Crippen MR) is 143 cm³/mol. The van der Waals surface area contributed by atoms with E-state index in [1.807, 2.05) is 26.1 Å². The molecule has 0 unspecified atom stereocenters. The lowest BCUT2D eigenvalue weighted by atomic mass is 9.83. The number of benzene rings is 2. The highest BCUT2D eigenvalue weighted by Crippen LogP contribution is 2.34. The maximum atomic E-state index is 10.5. The van der Waals surface area contributed by atoms with Gasteiger partial charge >= 0.3 is 0 Å². The molecule has 0 spiro atoms. The number of rotatable bonds is 3. The minimum absolute atomic E-state index is 0.0666. The molecule has 1 aromatic heterocycles. The molecule has 200 valence electrons. The number of aromatic nitrogens is 1. The third-order valence-electron chi connectivity index (χ3n) is 6.10. The average Bonchev–Trinajstić information content (AvgIpc) is 2.81. The van der Waals surface area contributed by atoms with Crippen molar-refractivity contribution in [1.29, 1.82) is 0 Å². The zero-order valence-corrected chi connectivity index (χ0v) is 22.8. The highest BCUT2D eigenvalue weighted by molar-refractivity contribution is 7.86. The summed E-state index contributed by atoms with van der Waals surface area (Å²) in [5, 5.41) is 4.01. The number of hydrogen-bond acceptors (Lipinski definition) is 7. The van der Waals surface area contributed by atoms with Crippen molar-refractivity contribution in [2.45, 2.75) is 36.1 Å². The Morgan fingerprint density at radius 1 is 0.865 bits per heavy atom. The van der Waals surface area contributed by atoms with Crippen LogP contribution in [0.2, 0.25) is 5.15 Å². The molecule has 2 aromatic carbocycles. The first kappa shape index (κ1) is 29.0. The maximum Gasteiger partial charge on any atom is 0.294 e. The zero-order valence-electron chi connectivity index (χ0n) is 20.5. The summed E-state index contributed by atoms with van der Waals surface area (Å²) in [5.41, 5.74) is 3.11. The number of hydrogen-bond donors (Lipinski definition) is 3. The van der Waals surface area contributed by atoms with Gasteiger partial charge in [0.15, 0.2) is 0 Å². The number of halogens is 1. The van der Waals surface area contributed by atoms with Gasteiger partial charge in [-0.15, -0.1) is 0 Å². The monoisotopic (exact) mass is 567 g/mol. The van der Waals surface area contributed by atoms with Gasteiger partial charge in [0.25, 0.3) is 20.2 Å². The second kappa shape index (κ2) is 12.3. The Balaban J connectivity index is 0.000000158. The summed E-state index contributed by atoms with van der Waals surface area (Å²) < 4.78 is 59.1. The van der Waals surface area contributed by atoms with E-state index in [2.05, 4.69) is 21.3 Å². The molecule has 2 aliphatic heterocycles. The van der Waals surface area contributed by atoms with Crippen LogP contribution < -0.4 is 10.2 Å². The summed E-state index contributed by atoms with van der Waals surface area (Å²) in [7, 11) is -8.04. The zero-order chi connectivity index (χ0) is 27.2. The van der Waals surface area contributed by atoms with Crippen molar-refractivity contribution in [3.05, 3.63) is 83.1 Å². The van der Waals surface area contributed by atoms with Gasteiger partial charge in [0.2, 0.25) is 0 Å². The molecule has 37 heavy (non-hydrogen) atoms. The highest BCUT2D eigenvalue weighted by atomic mass is 35.5. The first-order valence-corrected chi connectivity index (χ1v) is 14.8. The van der Waals surface area contributed by atoms with Crippen molar-refractivity contribution in [2.75, 3.05) is 24.5 Å². The van der Waals surface area contributed by atoms with Crippen LogP contribution in [0.5, 0.6) is 0 Å². The van der Waals surface area contributed by atoms with Crippen LogP contribution in [-0.2, 0) is 20.2 Å². The van der Waals surface area contributed by atoms with Gasteiger partial charge in [-0.05, 0) is 69.1 Å². The third kappa shape index (κ3) is 8.49. The van der Waals surface area contributed by atoms with Crippen molar-refractivity contribution in [1.82, 2.24) is 10.3 Å². The first-order chi connectivity index (χ1) is 17.3. The summed E-state index contributed by atoms with van der Waals surface area (Å²) >= 11 is 5.77. The van der Waals surface area contributed by atoms with E-state index >= 15 is 0 Å². The van der Waals surface area contributed by atoms with E-state index in [0.29, 0.717) is 11.2 Å². The van der Waals surface area contributed by atoms with E-state index in [9.17, 15) is 16.8 Å². The van der Waals surface area contributed by atoms with Gasteiger partial charge in [-0.2, -0.15) is 16.8 Å². The van der Waals surface area contributed by atoms with Crippen LogP contribution in [0.1, 0.15) is 17.5 Å². The Morgan fingerprint density at radius 3 is 1.78 bits per heavy atom. The largest absolute Gasteiger partial charge is 0.365 e. The van der Waals surface area contributed by atoms with E-state index in [-0.39, 0.29) is 9.79 Å². The molecule has 0 bridgehead atoms. The predicted octanol–water partition coefficient (Wildman–Crippen LogP) is 4.02. The average molecular weight is 568 g/mol. The van der Waals surface area contributed by atoms with Gasteiger partial charge in [-0.25, -0.2) is 4.98 Å². The Hall–Kier alpha value is -2.54. The Labute approximate surface area is 223 Å². The number of aryl methyl sites for hydroxylation is 2. The van der Waals surface area contributed by atoms with Crippen LogP contribution in [0, 0.1) is 19.8 Å². The normalized spacial score (nSPS) is 18.8. The van der Waals surface area contributed by atoms with Gasteiger partial charge in [-0.3, -0.25) is 9.11 Å². The molecule has 0 aliphatic carbocycles. The SMILES string of the molecule is Cc1ccc(S(=O)(=O)O)cc1.Cc1ccc(S(=O)(=O)O)cc1.Clc1ccc(N2C[C@@H]3CCNC[C@@H]32)cn1. The third-order valence-corrected chi connectivity index (χ3v) is 8.06. The topological polar surface area (TPSA) is 137 Å². The number of nitrogens with one attached hydrogen (secondary N) is 1. The molecule has 3 N–H and O–H groups in total. The molecule has 2 saturated heterocycles. The van der Waals surface area contributed by atoms with E-state index in [1.54, 1.807) is 24.3 Å². The maximum absolute atomic E-state index is 10.5. The minimum atomic E-state index is -4.02. The molecule has 12 heteroatoms. The highest BCUT2D eigenvalue weighted by Gasteiger charge is 2.40. The summed E-state index contributed by atoms with van der Waals surface area (Å²) in [6, 6.07) is 16.6. The Morgan fingerprint density at radius 2 is 1.38 bits per heavy atom. The van der Waals surface area contributed by atoms with Crippen LogP contribution in [0.3, 0.4) is 0 Å². The van der Waals surface area contributed by atoms with E-state index < -0.39 is 20.2 Å². The number of fused-ring (bicyclic) bond motifs is 1. The first-order valence-electron chi connectivity index (χ1n) is 11.5. The van der Waals surface area contributed by atoms with Crippen molar-refractivity contribution < 1.29 is 25.9 Å². The van der Waals surface area contributed by atoms with Gasteiger partial charge in [0, 0.05) is 19.1 Å². The van der Waals surface area contributed by atoms with Crippen molar-refractivity contribution >= 4 is 37.5 Å². The van der Waals surface area contributed by atoms with E-state index in [0.717, 1.165) is 23.6 Å². The summed E-state index contributed by atoms with van der Waals surface area (Å²) in [6.07, 6.45) is 3.18. The molecule has 2 fully saturated rings. The molecule has 0 amide bonds. The summed E-state index contributed by atoms with van der Waals surface area (Å²) in [4.78, 5) is 6.41. The second-order valence-corrected chi connectivity index (χ2v) is 12.1. The lowest BCUT2D eigenvalue weighted by molar-refractivity contribution is 0.229. The molecule has 0 saturated carbocycles. The Bertz CT molecular complexity index is 1310. The van der Waals surface area contributed by atoms with Gasteiger partial charge < -0.3 is 10.2 Å². The molecular weight excluding hydrogens is 538 g/mol. The fraction of sp³-hybridized carbons (Fsp3) is 0.320. The molecule has 2 aliphatic rings. The van der Waals surface area contributed by atoms with Crippen LogP contribution in [-0.4, -0.2) is 56.6 Å². The van der Waals surface area contributed by atoms with Gasteiger partial charge in [-0.1, -0.05) is 47.0 Å². The van der Waals surface area contributed by atoms with Crippen LogP contribution in [0.15, 0.2) is 76.7 Å². The van der Waals surface area contributed by atoms with Gasteiger partial charge in [0.05, 0.1) is 21.7 Å². The molecule has 5 rings (SSSR count). The molecule has 9 nitrogen and oxygen atoms in total. The molecule has 0 radical (unpaired) electrons. The number of nitrogens with zero attached hydrogens (tertiary/aromatic N) is 2. The van der Waals surface area contributed by atoms with Crippen molar-refractivity contribution in [3.8, 4) is 0 Å². The van der Waals surface area contributed by atoms with Crippen molar-refractivity contribution in [3.63, 3.8) is 0 Å². The lowest BCUT2D eigenvalue weighted by Crippen LogP contribution is -2.63. The fourth-order valence-corrected chi connectivity index (χ4v) is 5.05. The van der Waals surface area contributed by atoms with Crippen LogP contribution in [0.25, 0.3) is 0 Å². The molecule has 3 aromatic rings. The number of pyridine rings is 1. The lowest BCUT2D eigenvalue weighted by Gasteiger charge is -2.52. The molecule has 3 heterocycles. The van der Waals surface area contributed by atoms with E-state index in [4.69, 9.17) is 20.7 Å².